The minimum absolute atomic E-state index is 0.465. The van der Waals surface area contributed by atoms with E-state index in [0.717, 1.165) is 41.1 Å². The topological polar surface area (TPSA) is 30.5 Å². The molecule has 0 heterocycles. The van der Waals surface area contributed by atoms with Crippen LogP contribution in [0.5, 0.6) is 11.5 Å². The van der Waals surface area contributed by atoms with Gasteiger partial charge in [-0.3, -0.25) is 0 Å². The zero-order valence-corrected chi connectivity index (χ0v) is 12.5. The Morgan fingerprint density at radius 3 is 2.83 bits per heavy atom. The fourth-order valence-electron chi connectivity index (χ4n) is 1.52. The molecule has 0 bridgehead atoms. The number of benzene rings is 1. The van der Waals surface area contributed by atoms with Crippen molar-refractivity contribution >= 4 is 15.9 Å². The molecule has 0 unspecified atom stereocenters. The summed E-state index contributed by atoms with van der Waals surface area (Å²) >= 11 is 3.29. The van der Waals surface area contributed by atoms with Crippen LogP contribution in [-0.2, 0) is 6.54 Å². The van der Waals surface area contributed by atoms with E-state index in [2.05, 4.69) is 34.7 Å². The van der Waals surface area contributed by atoms with Crippen molar-refractivity contribution in [3.63, 3.8) is 0 Å². The quantitative estimate of drug-likeness (QED) is 0.745. The molecule has 0 aliphatic rings. The molecular weight excluding hydrogens is 294 g/mol. The normalized spacial score (nSPS) is 10.2. The highest BCUT2D eigenvalue weighted by Crippen LogP contribution is 2.24. The Morgan fingerprint density at radius 2 is 2.22 bits per heavy atom. The molecule has 0 spiro atoms. The third kappa shape index (κ3) is 5.10. The lowest BCUT2D eigenvalue weighted by molar-refractivity contribution is 0.353. The van der Waals surface area contributed by atoms with Gasteiger partial charge in [0.05, 0.1) is 7.11 Å². The van der Waals surface area contributed by atoms with Crippen LogP contribution in [0, 0.1) is 0 Å². The highest BCUT2D eigenvalue weighted by atomic mass is 79.9. The summed E-state index contributed by atoms with van der Waals surface area (Å²) in [5.41, 5.74) is 1.09. The Morgan fingerprint density at radius 1 is 1.44 bits per heavy atom. The summed E-state index contributed by atoms with van der Waals surface area (Å²) in [5, 5.41) is 3.36. The summed E-state index contributed by atoms with van der Waals surface area (Å²) in [7, 11) is 1.67. The van der Waals surface area contributed by atoms with Crippen LogP contribution >= 0.6 is 15.9 Å². The second-order valence-corrected chi connectivity index (χ2v) is 5.08. The van der Waals surface area contributed by atoms with E-state index in [-0.39, 0.29) is 0 Å². The third-order valence-electron chi connectivity index (χ3n) is 2.39. The summed E-state index contributed by atoms with van der Waals surface area (Å²) in [6.45, 7) is 8.13. The van der Waals surface area contributed by atoms with E-state index < -0.39 is 0 Å². The van der Waals surface area contributed by atoms with Gasteiger partial charge in [0.1, 0.15) is 18.1 Å². The van der Waals surface area contributed by atoms with E-state index in [0.29, 0.717) is 6.61 Å². The zero-order valence-electron chi connectivity index (χ0n) is 11.0. The summed E-state index contributed by atoms with van der Waals surface area (Å²) < 4.78 is 11.7. The van der Waals surface area contributed by atoms with Gasteiger partial charge in [-0.2, -0.15) is 0 Å². The highest BCUT2D eigenvalue weighted by Gasteiger charge is 2.06. The van der Waals surface area contributed by atoms with Crippen molar-refractivity contribution in [2.75, 3.05) is 20.3 Å². The number of hydrogen-bond acceptors (Lipinski definition) is 3. The number of methoxy groups -OCH3 is 1. The second kappa shape index (κ2) is 8.16. The van der Waals surface area contributed by atoms with Crippen molar-refractivity contribution in [3.8, 4) is 11.5 Å². The van der Waals surface area contributed by atoms with Crippen LogP contribution in [0.4, 0.5) is 0 Å². The number of hydrogen-bond donors (Lipinski definition) is 1. The molecule has 0 radical (unpaired) electrons. The van der Waals surface area contributed by atoms with Crippen molar-refractivity contribution in [1.82, 2.24) is 5.32 Å². The van der Waals surface area contributed by atoms with Crippen LogP contribution in [0.2, 0.25) is 0 Å². The molecule has 0 saturated heterocycles. The van der Waals surface area contributed by atoms with Crippen molar-refractivity contribution in [2.24, 2.45) is 0 Å². The monoisotopic (exact) mass is 313 g/mol. The minimum atomic E-state index is 0.465. The van der Waals surface area contributed by atoms with Crippen LogP contribution in [0.25, 0.3) is 0 Å². The predicted molar refractivity (Wildman–Crippen MR) is 78.6 cm³/mol. The second-order valence-electron chi connectivity index (χ2n) is 3.96. The first-order chi connectivity index (χ1) is 8.67. The molecule has 4 heteroatoms. The van der Waals surface area contributed by atoms with E-state index in [1.54, 1.807) is 7.11 Å². The van der Waals surface area contributed by atoms with Crippen LogP contribution < -0.4 is 14.8 Å². The van der Waals surface area contributed by atoms with Crippen LogP contribution in [0.1, 0.15) is 18.9 Å². The van der Waals surface area contributed by atoms with Gasteiger partial charge >= 0.3 is 0 Å². The molecule has 18 heavy (non-hydrogen) atoms. The van der Waals surface area contributed by atoms with Crippen LogP contribution in [0.15, 0.2) is 29.3 Å². The molecule has 0 atom stereocenters. The van der Waals surface area contributed by atoms with Crippen LogP contribution in [0.3, 0.4) is 0 Å². The van der Waals surface area contributed by atoms with Crippen molar-refractivity contribution in [1.29, 1.82) is 0 Å². The molecule has 1 aromatic rings. The summed E-state index contributed by atoms with van der Waals surface area (Å²) in [6, 6.07) is 5.82. The van der Waals surface area contributed by atoms with E-state index >= 15 is 0 Å². The van der Waals surface area contributed by atoms with Gasteiger partial charge in [0, 0.05) is 16.6 Å². The van der Waals surface area contributed by atoms with Gasteiger partial charge in [-0.25, -0.2) is 0 Å². The number of ether oxygens (including phenoxy) is 2. The van der Waals surface area contributed by atoms with Crippen molar-refractivity contribution in [3.05, 3.63) is 34.8 Å². The van der Waals surface area contributed by atoms with Gasteiger partial charge < -0.3 is 14.8 Å². The largest absolute Gasteiger partial charge is 0.497 e. The summed E-state index contributed by atoms with van der Waals surface area (Å²) in [6.07, 6.45) is 1.11. The molecule has 1 rings (SSSR count). The van der Waals surface area contributed by atoms with Crippen molar-refractivity contribution in [2.45, 2.75) is 19.9 Å². The average Bonchev–Trinajstić information content (AvgIpc) is 2.37. The summed E-state index contributed by atoms with van der Waals surface area (Å²) in [5.74, 6) is 1.70. The maximum atomic E-state index is 5.69. The molecule has 0 fully saturated rings. The Balaban J connectivity index is 2.75. The maximum Gasteiger partial charge on any atom is 0.124 e. The molecule has 0 aromatic heterocycles. The number of rotatable bonds is 8. The zero-order chi connectivity index (χ0) is 13.4. The lowest BCUT2D eigenvalue weighted by Crippen LogP contribution is -2.15. The van der Waals surface area contributed by atoms with Crippen LogP contribution in [-0.4, -0.2) is 20.3 Å². The molecule has 1 aromatic carbocycles. The molecule has 100 valence electrons. The van der Waals surface area contributed by atoms with E-state index in [4.69, 9.17) is 9.47 Å². The standard InChI is InChI=1S/C14H20BrNO2/c1-4-7-16-9-12-8-13(17-3)5-6-14(12)18-10-11(2)15/h5-6,8,16H,2,4,7,9-10H2,1,3H3. The molecule has 0 amide bonds. The highest BCUT2D eigenvalue weighted by molar-refractivity contribution is 9.11. The van der Waals surface area contributed by atoms with Gasteiger partial charge in [0.2, 0.25) is 0 Å². The van der Waals surface area contributed by atoms with Crippen molar-refractivity contribution < 1.29 is 9.47 Å². The Kier molecular flexibility index (Phi) is 6.83. The van der Waals surface area contributed by atoms with E-state index in [1.165, 1.54) is 0 Å². The number of halogens is 1. The first-order valence-corrected chi connectivity index (χ1v) is 6.80. The Hall–Kier alpha value is -1.00. The van der Waals surface area contributed by atoms with Gasteiger partial charge in [-0.15, -0.1) is 0 Å². The molecule has 0 aliphatic carbocycles. The lowest BCUT2D eigenvalue weighted by atomic mass is 10.2. The first-order valence-electron chi connectivity index (χ1n) is 6.01. The molecule has 3 nitrogen and oxygen atoms in total. The predicted octanol–water partition coefficient (Wildman–Crippen LogP) is 3.48. The fourth-order valence-corrected chi connectivity index (χ4v) is 1.63. The van der Waals surface area contributed by atoms with Gasteiger partial charge in [-0.05, 0) is 31.2 Å². The smallest absolute Gasteiger partial charge is 0.124 e. The van der Waals surface area contributed by atoms with E-state index in [9.17, 15) is 0 Å². The number of nitrogens with one attached hydrogen (secondary N) is 1. The molecule has 0 saturated carbocycles. The van der Waals surface area contributed by atoms with Gasteiger partial charge in [0.25, 0.3) is 0 Å². The Labute approximate surface area is 117 Å². The Bertz CT molecular complexity index is 393. The molecular formula is C14H20BrNO2. The summed E-state index contributed by atoms with van der Waals surface area (Å²) in [4.78, 5) is 0. The lowest BCUT2D eigenvalue weighted by Gasteiger charge is -2.13. The van der Waals surface area contributed by atoms with E-state index in [1.807, 2.05) is 18.2 Å². The maximum absolute atomic E-state index is 5.69. The average molecular weight is 314 g/mol. The SMILES string of the molecule is C=C(Br)COc1ccc(OC)cc1CNCCC. The van der Waals surface area contributed by atoms with Gasteiger partial charge in [0.15, 0.2) is 0 Å². The molecule has 1 N–H and O–H groups in total. The fraction of sp³-hybridized carbons (Fsp3) is 0.429. The minimum Gasteiger partial charge on any atom is -0.497 e. The third-order valence-corrected chi connectivity index (χ3v) is 2.62. The van der Waals surface area contributed by atoms with Gasteiger partial charge in [-0.1, -0.05) is 29.4 Å². The molecule has 0 aliphatic heterocycles. The first kappa shape index (κ1) is 15.1.